The molecule has 1 heterocycles. The van der Waals surface area contributed by atoms with E-state index in [1.807, 2.05) is 6.92 Å². The van der Waals surface area contributed by atoms with Crippen molar-refractivity contribution in [3.8, 4) is 0 Å². The van der Waals surface area contributed by atoms with Gasteiger partial charge in [-0.3, -0.25) is 0 Å². The molecule has 0 aliphatic rings. The van der Waals surface area contributed by atoms with Gasteiger partial charge in [0.15, 0.2) is 0 Å². The van der Waals surface area contributed by atoms with E-state index in [4.69, 9.17) is 11.6 Å². The molecule has 2 rings (SSSR count). The molecule has 2 heteroatoms. The lowest BCUT2D eigenvalue weighted by atomic mass is 10.1. The Hall–Kier alpha value is -1.08. The van der Waals surface area contributed by atoms with Gasteiger partial charge in [0, 0.05) is 5.39 Å². The molecule has 0 saturated heterocycles. The summed E-state index contributed by atoms with van der Waals surface area (Å²) in [6.07, 6.45) is 0.990. The second-order valence-electron chi connectivity index (χ2n) is 3.44. The molecule has 1 aromatic carbocycles. The van der Waals surface area contributed by atoms with E-state index in [1.54, 1.807) is 0 Å². The Morgan fingerprint density at radius 2 is 2.14 bits per heavy atom. The number of halogens is 1. The quantitative estimate of drug-likeness (QED) is 0.646. The number of aromatic nitrogens is 1. The first-order valence-corrected chi connectivity index (χ1v) is 5.15. The highest BCUT2D eigenvalue weighted by atomic mass is 35.5. The van der Waals surface area contributed by atoms with Gasteiger partial charge in [0.25, 0.3) is 0 Å². The van der Waals surface area contributed by atoms with Crippen molar-refractivity contribution in [3.05, 3.63) is 40.5 Å². The van der Waals surface area contributed by atoms with Crippen molar-refractivity contribution in [2.24, 2.45) is 0 Å². The van der Waals surface area contributed by atoms with Gasteiger partial charge in [0.1, 0.15) is 5.15 Å². The van der Waals surface area contributed by atoms with Gasteiger partial charge < -0.3 is 0 Å². The summed E-state index contributed by atoms with van der Waals surface area (Å²) in [4.78, 5) is 4.41. The van der Waals surface area contributed by atoms with Gasteiger partial charge in [-0.05, 0) is 30.5 Å². The SMILES string of the molecule is CCc1cccc2cc(C)c(Cl)nc12. The van der Waals surface area contributed by atoms with Crippen LogP contribution in [-0.2, 0) is 6.42 Å². The van der Waals surface area contributed by atoms with Crippen LogP contribution >= 0.6 is 11.6 Å². The molecule has 0 fully saturated rings. The number of rotatable bonds is 1. The zero-order chi connectivity index (χ0) is 10.1. The molecular weight excluding hydrogens is 194 g/mol. The maximum atomic E-state index is 6.01. The van der Waals surface area contributed by atoms with Crippen LogP contribution in [0.4, 0.5) is 0 Å². The summed E-state index contributed by atoms with van der Waals surface area (Å²) < 4.78 is 0. The van der Waals surface area contributed by atoms with E-state index in [0.29, 0.717) is 5.15 Å². The van der Waals surface area contributed by atoms with Crippen LogP contribution in [0.3, 0.4) is 0 Å². The Bertz CT molecular complexity index is 477. The van der Waals surface area contributed by atoms with Crippen molar-refractivity contribution in [1.29, 1.82) is 0 Å². The summed E-state index contributed by atoms with van der Waals surface area (Å²) in [6, 6.07) is 8.33. The molecule has 0 N–H and O–H groups in total. The lowest BCUT2D eigenvalue weighted by molar-refractivity contribution is 1.14. The molecule has 1 nitrogen and oxygen atoms in total. The molecule has 0 bridgehead atoms. The van der Waals surface area contributed by atoms with Crippen molar-refractivity contribution in [1.82, 2.24) is 4.98 Å². The monoisotopic (exact) mass is 205 g/mol. The molecule has 0 unspecified atom stereocenters. The molecule has 14 heavy (non-hydrogen) atoms. The van der Waals surface area contributed by atoms with E-state index in [2.05, 4.69) is 36.2 Å². The number of hydrogen-bond donors (Lipinski definition) is 0. The number of nitrogens with zero attached hydrogens (tertiary/aromatic N) is 1. The minimum absolute atomic E-state index is 0.610. The minimum Gasteiger partial charge on any atom is -0.236 e. The number of hydrogen-bond acceptors (Lipinski definition) is 1. The fourth-order valence-corrected chi connectivity index (χ4v) is 1.77. The fraction of sp³-hybridized carbons (Fsp3) is 0.250. The standard InChI is InChI=1S/C12H12ClN/c1-3-9-5-4-6-10-7-8(2)12(13)14-11(9)10/h4-7H,3H2,1-2H3. The van der Waals surface area contributed by atoms with Gasteiger partial charge in [-0.25, -0.2) is 4.98 Å². The Kier molecular flexibility index (Phi) is 2.42. The molecule has 0 amide bonds. The lowest BCUT2D eigenvalue weighted by Crippen LogP contribution is -1.89. The summed E-state index contributed by atoms with van der Waals surface area (Å²) in [5.41, 5.74) is 3.32. The summed E-state index contributed by atoms with van der Waals surface area (Å²) >= 11 is 6.01. The van der Waals surface area contributed by atoms with E-state index in [-0.39, 0.29) is 0 Å². The molecule has 0 saturated carbocycles. The van der Waals surface area contributed by atoms with Crippen molar-refractivity contribution in [2.75, 3.05) is 0 Å². The van der Waals surface area contributed by atoms with Gasteiger partial charge in [0.05, 0.1) is 5.52 Å². The normalized spacial score (nSPS) is 10.8. The maximum Gasteiger partial charge on any atom is 0.132 e. The van der Waals surface area contributed by atoms with Crippen molar-refractivity contribution in [2.45, 2.75) is 20.3 Å². The summed E-state index contributed by atoms with van der Waals surface area (Å²) in [6.45, 7) is 4.11. The van der Waals surface area contributed by atoms with Gasteiger partial charge in [-0.15, -0.1) is 0 Å². The highest BCUT2D eigenvalue weighted by Gasteiger charge is 2.03. The topological polar surface area (TPSA) is 12.9 Å². The number of para-hydroxylation sites is 1. The van der Waals surface area contributed by atoms with E-state index in [0.717, 1.165) is 17.5 Å². The number of pyridine rings is 1. The van der Waals surface area contributed by atoms with Gasteiger partial charge in [0.2, 0.25) is 0 Å². The molecule has 2 aromatic rings. The summed E-state index contributed by atoms with van der Waals surface area (Å²) in [7, 11) is 0. The van der Waals surface area contributed by atoms with Crippen LogP contribution < -0.4 is 0 Å². The van der Waals surface area contributed by atoms with Crippen LogP contribution in [0.25, 0.3) is 10.9 Å². The van der Waals surface area contributed by atoms with Crippen molar-refractivity contribution >= 4 is 22.5 Å². The van der Waals surface area contributed by atoms with E-state index < -0.39 is 0 Å². The fourth-order valence-electron chi connectivity index (χ4n) is 1.63. The zero-order valence-electron chi connectivity index (χ0n) is 8.34. The first-order valence-electron chi connectivity index (χ1n) is 4.77. The Morgan fingerprint density at radius 1 is 1.36 bits per heavy atom. The minimum atomic E-state index is 0.610. The van der Waals surface area contributed by atoms with Crippen molar-refractivity contribution < 1.29 is 0 Å². The van der Waals surface area contributed by atoms with Crippen molar-refractivity contribution in [3.63, 3.8) is 0 Å². The molecule has 72 valence electrons. The zero-order valence-corrected chi connectivity index (χ0v) is 9.10. The third-order valence-electron chi connectivity index (χ3n) is 2.44. The molecule has 1 aromatic heterocycles. The first kappa shape index (κ1) is 9.47. The maximum absolute atomic E-state index is 6.01. The Labute approximate surface area is 88.7 Å². The van der Waals surface area contributed by atoms with Crippen LogP contribution in [-0.4, -0.2) is 4.98 Å². The second kappa shape index (κ2) is 3.58. The number of benzene rings is 1. The summed E-state index contributed by atoms with van der Waals surface area (Å²) in [5, 5.41) is 1.78. The molecule has 0 aliphatic carbocycles. The van der Waals surface area contributed by atoms with Crippen LogP contribution in [0.2, 0.25) is 5.15 Å². The average molecular weight is 206 g/mol. The third kappa shape index (κ3) is 1.48. The van der Waals surface area contributed by atoms with E-state index in [9.17, 15) is 0 Å². The Morgan fingerprint density at radius 3 is 2.86 bits per heavy atom. The number of fused-ring (bicyclic) bond motifs is 1. The van der Waals surface area contributed by atoms with Crippen LogP contribution in [0, 0.1) is 6.92 Å². The van der Waals surface area contributed by atoms with Gasteiger partial charge >= 0.3 is 0 Å². The molecule has 0 atom stereocenters. The number of aryl methyl sites for hydroxylation is 2. The predicted octanol–water partition coefficient (Wildman–Crippen LogP) is 3.76. The molecule has 0 radical (unpaired) electrons. The average Bonchev–Trinajstić information content (AvgIpc) is 2.19. The molecular formula is C12H12ClN. The highest BCUT2D eigenvalue weighted by Crippen LogP contribution is 2.22. The van der Waals surface area contributed by atoms with Crippen LogP contribution in [0.15, 0.2) is 24.3 Å². The molecule has 0 spiro atoms. The lowest BCUT2D eigenvalue weighted by Gasteiger charge is -2.05. The smallest absolute Gasteiger partial charge is 0.132 e. The van der Waals surface area contributed by atoms with Gasteiger partial charge in [-0.1, -0.05) is 36.7 Å². The first-order chi connectivity index (χ1) is 6.72. The molecule has 0 aliphatic heterocycles. The van der Waals surface area contributed by atoms with Crippen LogP contribution in [0.1, 0.15) is 18.1 Å². The second-order valence-corrected chi connectivity index (χ2v) is 3.80. The Balaban J connectivity index is 2.81. The highest BCUT2D eigenvalue weighted by molar-refractivity contribution is 6.30. The van der Waals surface area contributed by atoms with Gasteiger partial charge in [-0.2, -0.15) is 0 Å². The van der Waals surface area contributed by atoms with E-state index >= 15 is 0 Å². The van der Waals surface area contributed by atoms with Crippen LogP contribution in [0.5, 0.6) is 0 Å². The van der Waals surface area contributed by atoms with E-state index in [1.165, 1.54) is 10.9 Å². The summed E-state index contributed by atoms with van der Waals surface area (Å²) in [5.74, 6) is 0. The third-order valence-corrected chi connectivity index (χ3v) is 2.82. The largest absolute Gasteiger partial charge is 0.236 e. The predicted molar refractivity (Wildman–Crippen MR) is 60.9 cm³/mol.